The Bertz CT molecular complexity index is 733. The molecule has 0 aliphatic heterocycles. The van der Waals surface area contributed by atoms with Crippen LogP contribution in [-0.4, -0.2) is 24.8 Å². The van der Waals surface area contributed by atoms with Gasteiger partial charge in [0, 0.05) is 15.9 Å². The SMILES string of the molecule is C=CC(=O)OCC(C)OC(=O)Nc1ccccc1Sc1ccccc1. The Hall–Kier alpha value is -2.73. The van der Waals surface area contributed by atoms with Crippen LogP contribution in [0.25, 0.3) is 0 Å². The van der Waals surface area contributed by atoms with Crippen LogP contribution in [0.3, 0.4) is 0 Å². The van der Waals surface area contributed by atoms with Gasteiger partial charge < -0.3 is 9.47 Å². The number of amides is 1. The molecule has 0 saturated heterocycles. The second-order valence-corrected chi connectivity index (χ2v) is 6.20. The van der Waals surface area contributed by atoms with Crippen molar-refractivity contribution in [2.24, 2.45) is 0 Å². The molecule has 1 atom stereocenters. The summed E-state index contributed by atoms with van der Waals surface area (Å²) in [6.45, 7) is 4.91. The number of nitrogens with one attached hydrogen (secondary N) is 1. The zero-order valence-electron chi connectivity index (χ0n) is 13.8. The lowest BCUT2D eigenvalue weighted by Crippen LogP contribution is -2.25. The number of anilines is 1. The summed E-state index contributed by atoms with van der Waals surface area (Å²) in [5.41, 5.74) is 0.650. The zero-order chi connectivity index (χ0) is 18.1. The summed E-state index contributed by atoms with van der Waals surface area (Å²) in [6, 6.07) is 17.3. The molecule has 1 N–H and O–H groups in total. The van der Waals surface area contributed by atoms with E-state index in [2.05, 4.69) is 11.9 Å². The molecule has 1 amide bonds. The molecule has 5 nitrogen and oxygen atoms in total. The third-order valence-corrected chi connectivity index (χ3v) is 4.11. The summed E-state index contributed by atoms with van der Waals surface area (Å²) in [7, 11) is 0. The van der Waals surface area contributed by atoms with Gasteiger partial charge in [-0.1, -0.05) is 48.7 Å². The fourth-order valence-corrected chi connectivity index (χ4v) is 2.81. The minimum Gasteiger partial charge on any atom is -0.459 e. The highest BCUT2D eigenvalue weighted by Crippen LogP contribution is 2.33. The number of para-hydroxylation sites is 1. The van der Waals surface area contributed by atoms with E-state index in [1.165, 1.54) is 0 Å². The molecule has 2 aromatic carbocycles. The predicted octanol–water partition coefficient (Wildman–Crippen LogP) is 4.50. The maximum absolute atomic E-state index is 12.0. The van der Waals surface area contributed by atoms with Gasteiger partial charge in [-0.05, 0) is 31.2 Å². The first kappa shape index (κ1) is 18.6. The summed E-state index contributed by atoms with van der Waals surface area (Å²) in [5, 5.41) is 2.72. The van der Waals surface area contributed by atoms with Gasteiger partial charge in [0.25, 0.3) is 0 Å². The van der Waals surface area contributed by atoms with Crippen LogP contribution in [0.2, 0.25) is 0 Å². The predicted molar refractivity (Wildman–Crippen MR) is 97.7 cm³/mol. The van der Waals surface area contributed by atoms with E-state index in [9.17, 15) is 9.59 Å². The summed E-state index contributed by atoms with van der Waals surface area (Å²) < 4.78 is 10.0. The van der Waals surface area contributed by atoms with Crippen molar-refractivity contribution in [1.82, 2.24) is 0 Å². The van der Waals surface area contributed by atoms with Crippen LogP contribution in [0.5, 0.6) is 0 Å². The Labute approximate surface area is 151 Å². The first-order valence-corrected chi connectivity index (χ1v) is 8.49. The van der Waals surface area contributed by atoms with Crippen LogP contribution < -0.4 is 5.32 Å². The molecule has 0 heterocycles. The molecule has 1 unspecified atom stereocenters. The van der Waals surface area contributed by atoms with Crippen LogP contribution in [-0.2, 0) is 14.3 Å². The number of hydrogen-bond acceptors (Lipinski definition) is 5. The summed E-state index contributed by atoms with van der Waals surface area (Å²) in [6.07, 6.45) is -0.120. The molecular formula is C19H19NO4S. The van der Waals surface area contributed by atoms with E-state index in [4.69, 9.17) is 9.47 Å². The molecule has 2 aromatic rings. The van der Waals surface area contributed by atoms with Crippen molar-refractivity contribution in [3.63, 3.8) is 0 Å². The molecule has 0 fully saturated rings. The molecule has 0 spiro atoms. The van der Waals surface area contributed by atoms with Crippen LogP contribution in [0.1, 0.15) is 6.92 Å². The maximum Gasteiger partial charge on any atom is 0.412 e. The summed E-state index contributed by atoms with van der Waals surface area (Å²) >= 11 is 1.54. The van der Waals surface area contributed by atoms with E-state index >= 15 is 0 Å². The highest BCUT2D eigenvalue weighted by Gasteiger charge is 2.13. The third kappa shape index (κ3) is 6.35. The van der Waals surface area contributed by atoms with E-state index in [0.717, 1.165) is 15.9 Å². The fourth-order valence-electron chi connectivity index (χ4n) is 1.89. The number of esters is 1. The van der Waals surface area contributed by atoms with E-state index in [1.807, 2.05) is 48.5 Å². The molecule has 0 aliphatic carbocycles. The van der Waals surface area contributed by atoms with Crippen molar-refractivity contribution in [3.8, 4) is 0 Å². The van der Waals surface area contributed by atoms with Crippen LogP contribution in [0, 0.1) is 0 Å². The Morgan fingerprint density at radius 1 is 1.16 bits per heavy atom. The topological polar surface area (TPSA) is 64.6 Å². The first-order valence-electron chi connectivity index (χ1n) is 7.67. The number of carbonyl (C=O) groups excluding carboxylic acids is 2. The van der Waals surface area contributed by atoms with Gasteiger partial charge in [-0.3, -0.25) is 5.32 Å². The minimum atomic E-state index is -0.608. The van der Waals surface area contributed by atoms with Crippen molar-refractivity contribution in [1.29, 1.82) is 0 Å². The van der Waals surface area contributed by atoms with Crippen LogP contribution >= 0.6 is 11.8 Å². The molecular weight excluding hydrogens is 338 g/mol. The Morgan fingerprint density at radius 3 is 2.56 bits per heavy atom. The summed E-state index contributed by atoms with van der Waals surface area (Å²) in [4.78, 5) is 25.0. The zero-order valence-corrected chi connectivity index (χ0v) is 14.6. The fraction of sp³-hybridized carbons (Fsp3) is 0.158. The highest BCUT2D eigenvalue weighted by molar-refractivity contribution is 7.99. The van der Waals surface area contributed by atoms with E-state index in [0.29, 0.717) is 5.69 Å². The smallest absolute Gasteiger partial charge is 0.412 e. The molecule has 0 aliphatic rings. The van der Waals surface area contributed by atoms with Crippen molar-refractivity contribution in [2.45, 2.75) is 22.8 Å². The third-order valence-electron chi connectivity index (χ3n) is 3.03. The molecule has 130 valence electrons. The van der Waals surface area contributed by atoms with Crippen LogP contribution in [0.4, 0.5) is 10.5 Å². The van der Waals surface area contributed by atoms with E-state index in [-0.39, 0.29) is 6.61 Å². The lowest BCUT2D eigenvalue weighted by Gasteiger charge is -2.15. The molecule has 6 heteroatoms. The molecule has 25 heavy (non-hydrogen) atoms. The van der Waals surface area contributed by atoms with Crippen molar-refractivity contribution in [2.75, 3.05) is 11.9 Å². The van der Waals surface area contributed by atoms with Crippen molar-refractivity contribution < 1.29 is 19.1 Å². The second-order valence-electron chi connectivity index (χ2n) is 5.09. The molecule has 0 saturated carbocycles. The van der Waals surface area contributed by atoms with Gasteiger partial charge >= 0.3 is 12.1 Å². The van der Waals surface area contributed by atoms with Crippen LogP contribution in [0.15, 0.2) is 77.0 Å². The van der Waals surface area contributed by atoms with Gasteiger partial charge in [-0.15, -0.1) is 0 Å². The Balaban J connectivity index is 1.94. The normalized spacial score (nSPS) is 11.2. The van der Waals surface area contributed by atoms with Gasteiger partial charge in [-0.2, -0.15) is 0 Å². The molecule has 0 aromatic heterocycles. The molecule has 0 radical (unpaired) electrons. The number of ether oxygens (including phenoxy) is 2. The maximum atomic E-state index is 12.0. The van der Waals surface area contributed by atoms with Crippen molar-refractivity contribution >= 4 is 29.5 Å². The molecule has 0 bridgehead atoms. The lowest BCUT2D eigenvalue weighted by atomic mass is 10.3. The minimum absolute atomic E-state index is 0.0291. The average Bonchev–Trinajstić information content (AvgIpc) is 2.62. The summed E-state index contributed by atoms with van der Waals surface area (Å²) in [5.74, 6) is -0.555. The number of carbonyl (C=O) groups is 2. The Kier molecular flexibility index (Phi) is 7.10. The second kappa shape index (κ2) is 9.54. The van der Waals surface area contributed by atoms with Gasteiger partial charge in [-0.25, -0.2) is 9.59 Å². The average molecular weight is 357 g/mol. The largest absolute Gasteiger partial charge is 0.459 e. The van der Waals surface area contributed by atoms with E-state index < -0.39 is 18.2 Å². The number of hydrogen-bond donors (Lipinski definition) is 1. The van der Waals surface area contributed by atoms with E-state index in [1.54, 1.807) is 24.8 Å². The lowest BCUT2D eigenvalue weighted by molar-refractivity contribution is -0.140. The van der Waals surface area contributed by atoms with Gasteiger partial charge in [0.2, 0.25) is 0 Å². The van der Waals surface area contributed by atoms with Gasteiger partial charge in [0.1, 0.15) is 12.7 Å². The monoisotopic (exact) mass is 357 g/mol. The highest BCUT2D eigenvalue weighted by atomic mass is 32.2. The van der Waals surface area contributed by atoms with Gasteiger partial charge in [0.05, 0.1) is 5.69 Å². The molecule has 2 rings (SSSR count). The van der Waals surface area contributed by atoms with Crippen molar-refractivity contribution in [3.05, 3.63) is 67.3 Å². The number of rotatable bonds is 7. The first-order chi connectivity index (χ1) is 12.1. The number of benzene rings is 2. The Morgan fingerprint density at radius 2 is 1.84 bits per heavy atom. The quantitative estimate of drug-likeness (QED) is 0.584. The van der Waals surface area contributed by atoms with Gasteiger partial charge in [0.15, 0.2) is 0 Å². The standard InChI is InChI=1S/C19H19NO4S/c1-3-18(21)23-13-14(2)24-19(22)20-16-11-7-8-12-17(16)25-15-9-5-4-6-10-15/h3-12,14H,1,13H2,2H3,(H,20,22).